The summed E-state index contributed by atoms with van der Waals surface area (Å²) in [5, 5.41) is 9.05. The Morgan fingerprint density at radius 2 is 2.12 bits per heavy atom. The number of halogens is 4. The average Bonchev–Trinajstić information content (AvgIpc) is 2.18. The van der Waals surface area contributed by atoms with E-state index in [1.165, 1.54) is 0 Å². The van der Waals surface area contributed by atoms with Crippen molar-refractivity contribution in [2.75, 3.05) is 0 Å². The highest BCUT2D eigenvalue weighted by Gasteiger charge is 2.33. The van der Waals surface area contributed by atoms with Crippen LogP contribution in [0.15, 0.2) is 6.20 Å². The lowest BCUT2D eigenvalue weighted by Gasteiger charge is -2.11. The fourth-order valence-corrected chi connectivity index (χ4v) is 0.987. The normalized spacial score (nSPS) is 11.2. The number of alkyl halides is 4. The van der Waals surface area contributed by atoms with Crippen LogP contribution in [0.2, 0.25) is 0 Å². The number of aldehydes is 1. The van der Waals surface area contributed by atoms with Gasteiger partial charge in [-0.3, -0.25) is 4.79 Å². The van der Waals surface area contributed by atoms with Gasteiger partial charge in [0.2, 0.25) is 5.88 Å². The number of rotatable bonds is 3. The van der Waals surface area contributed by atoms with E-state index in [0.29, 0.717) is 6.20 Å². The monoisotopic (exact) mass is 239 g/mol. The minimum Gasteiger partial charge on any atom is -0.506 e. The van der Waals surface area contributed by atoms with Crippen molar-refractivity contribution in [2.45, 2.75) is 13.0 Å². The molecule has 8 heteroatoms. The van der Waals surface area contributed by atoms with Crippen LogP contribution in [0.3, 0.4) is 0 Å². The van der Waals surface area contributed by atoms with Gasteiger partial charge in [0.05, 0.1) is 11.8 Å². The fraction of sp³-hybridized carbons (Fsp3) is 0.250. The van der Waals surface area contributed by atoms with Gasteiger partial charge in [-0.25, -0.2) is 9.37 Å². The molecule has 0 spiro atoms. The van der Waals surface area contributed by atoms with Crippen molar-refractivity contribution in [1.82, 2.24) is 4.98 Å². The molecule has 1 rings (SSSR count). The minimum atomic E-state index is -5.05. The Kier molecular flexibility index (Phi) is 3.31. The van der Waals surface area contributed by atoms with Crippen molar-refractivity contribution in [2.24, 2.45) is 0 Å². The minimum absolute atomic E-state index is 0.0668. The zero-order chi connectivity index (χ0) is 12.3. The molecule has 0 unspecified atom stereocenters. The molecule has 0 bridgehead atoms. The summed E-state index contributed by atoms with van der Waals surface area (Å²) in [5.41, 5.74) is -1.36. The molecule has 0 atom stereocenters. The van der Waals surface area contributed by atoms with Crippen molar-refractivity contribution in [1.29, 1.82) is 0 Å². The highest BCUT2D eigenvalue weighted by molar-refractivity contribution is 5.81. The molecule has 1 N–H and O–H groups in total. The van der Waals surface area contributed by atoms with Gasteiger partial charge >= 0.3 is 6.36 Å². The van der Waals surface area contributed by atoms with Crippen LogP contribution in [-0.2, 0) is 6.67 Å². The maximum Gasteiger partial charge on any atom is 0.574 e. The molecule has 4 nitrogen and oxygen atoms in total. The van der Waals surface area contributed by atoms with E-state index >= 15 is 0 Å². The third-order valence-electron chi connectivity index (χ3n) is 1.63. The van der Waals surface area contributed by atoms with Gasteiger partial charge in [-0.05, 0) is 0 Å². The maximum atomic E-state index is 12.4. The quantitative estimate of drug-likeness (QED) is 0.647. The van der Waals surface area contributed by atoms with Crippen LogP contribution in [0.1, 0.15) is 15.9 Å². The first-order chi connectivity index (χ1) is 7.39. The zero-order valence-electron chi connectivity index (χ0n) is 7.58. The van der Waals surface area contributed by atoms with E-state index in [9.17, 15) is 22.4 Å². The highest BCUT2D eigenvalue weighted by Crippen LogP contribution is 2.30. The van der Waals surface area contributed by atoms with Crippen molar-refractivity contribution < 1.29 is 32.2 Å². The molecule has 0 aromatic carbocycles. The number of hydrogen-bond acceptors (Lipinski definition) is 4. The largest absolute Gasteiger partial charge is 0.574 e. The van der Waals surface area contributed by atoms with Gasteiger partial charge in [0.15, 0.2) is 6.29 Å². The average molecular weight is 239 g/mol. The smallest absolute Gasteiger partial charge is 0.506 e. The van der Waals surface area contributed by atoms with Gasteiger partial charge in [0.1, 0.15) is 12.4 Å². The highest BCUT2D eigenvalue weighted by atomic mass is 19.4. The first kappa shape index (κ1) is 12.2. The van der Waals surface area contributed by atoms with Gasteiger partial charge in [0, 0.05) is 5.56 Å². The summed E-state index contributed by atoms with van der Waals surface area (Å²) in [6.07, 6.45) is -4.54. The van der Waals surface area contributed by atoms with E-state index in [1.807, 2.05) is 0 Å². The molecule has 0 amide bonds. The number of aromatic hydroxyl groups is 1. The Morgan fingerprint density at radius 3 is 2.56 bits per heavy atom. The summed E-state index contributed by atoms with van der Waals surface area (Å²) < 4.78 is 51.3. The van der Waals surface area contributed by atoms with Crippen molar-refractivity contribution >= 4 is 6.29 Å². The summed E-state index contributed by atoms with van der Waals surface area (Å²) in [6.45, 7) is -1.31. The summed E-state index contributed by atoms with van der Waals surface area (Å²) in [6, 6.07) is 0. The number of hydrogen-bond donors (Lipinski definition) is 1. The van der Waals surface area contributed by atoms with Crippen LogP contribution in [0.4, 0.5) is 17.6 Å². The van der Waals surface area contributed by atoms with E-state index < -0.39 is 35.8 Å². The maximum absolute atomic E-state index is 12.4. The SMILES string of the molecule is O=Cc1c(OC(F)(F)F)ncc(O)c1CF. The van der Waals surface area contributed by atoms with E-state index in [1.54, 1.807) is 0 Å². The van der Waals surface area contributed by atoms with E-state index in [4.69, 9.17) is 5.11 Å². The molecule has 0 fully saturated rings. The predicted octanol–water partition coefficient (Wildman–Crippen LogP) is 1.97. The molecule has 16 heavy (non-hydrogen) atoms. The topological polar surface area (TPSA) is 59.4 Å². The first-order valence-electron chi connectivity index (χ1n) is 3.86. The van der Waals surface area contributed by atoms with Crippen molar-refractivity contribution in [3.05, 3.63) is 17.3 Å². The van der Waals surface area contributed by atoms with Crippen LogP contribution in [-0.4, -0.2) is 22.7 Å². The van der Waals surface area contributed by atoms with E-state index in [0.717, 1.165) is 0 Å². The summed E-state index contributed by atoms with van der Waals surface area (Å²) in [7, 11) is 0. The fourth-order valence-electron chi connectivity index (χ4n) is 0.987. The number of aromatic nitrogens is 1. The van der Waals surface area contributed by atoms with Gasteiger partial charge in [0.25, 0.3) is 0 Å². The van der Waals surface area contributed by atoms with Crippen LogP contribution in [0.25, 0.3) is 0 Å². The molecule has 0 saturated carbocycles. The standard InChI is InChI=1S/C8H5F4NO3/c9-1-4-5(3-14)7(13-2-6(4)15)16-8(10,11)12/h2-3,15H,1H2. The second-order valence-corrected chi connectivity index (χ2v) is 2.64. The van der Waals surface area contributed by atoms with Gasteiger partial charge in [-0.15, -0.1) is 13.2 Å². The Labute approximate surface area is 86.5 Å². The summed E-state index contributed by atoms with van der Waals surface area (Å²) in [4.78, 5) is 13.5. The molecule has 0 aliphatic rings. The number of carbonyl (C=O) groups is 1. The molecular formula is C8H5F4NO3. The van der Waals surface area contributed by atoms with Gasteiger partial charge in [-0.2, -0.15) is 0 Å². The lowest BCUT2D eigenvalue weighted by Crippen LogP contribution is -2.19. The lowest BCUT2D eigenvalue weighted by molar-refractivity contribution is -0.276. The Balaban J connectivity index is 3.25. The lowest BCUT2D eigenvalue weighted by atomic mass is 10.1. The van der Waals surface area contributed by atoms with Crippen LogP contribution < -0.4 is 4.74 Å². The van der Waals surface area contributed by atoms with Gasteiger partial charge < -0.3 is 9.84 Å². The molecule has 1 heterocycles. The third-order valence-corrected chi connectivity index (χ3v) is 1.63. The summed E-state index contributed by atoms with van der Waals surface area (Å²) >= 11 is 0. The molecule has 0 aliphatic heterocycles. The molecule has 0 radical (unpaired) electrons. The second kappa shape index (κ2) is 4.33. The Hall–Kier alpha value is -1.86. The molecule has 1 aromatic heterocycles. The van der Waals surface area contributed by atoms with Gasteiger partial charge in [-0.1, -0.05) is 0 Å². The van der Waals surface area contributed by atoms with Crippen LogP contribution in [0, 0.1) is 0 Å². The molecular weight excluding hydrogens is 234 g/mol. The van der Waals surface area contributed by atoms with Crippen LogP contribution in [0.5, 0.6) is 11.6 Å². The number of ether oxygens (including phenoxy) is 1. The summed E-state index contributed by atoms with van der Waals surface area (Å²) in [5.74, 6) is -1.80. The molecule has 1 aromatic rings. The Morgan fingerprint density at radius 1 is 1.50 bits per heavy atom. The number of carbonyl (C=O) groups excluding carboxylic acids is 1. The van der Waals surface area contributed by atoms with Crippen LogP contribution >= 0.6 is 0 Å². The Bertz CT molecular complexity index is 405. The predicted molar refractivity (Wildman–Crippen MR) is 42.8 cm³/mol. The van der Waals surface area contributed by atoms with Crippen molar-refractivity contribution in [3.8, 4) is 11.6 Å². The molecule has 88 valence electrons. The van der Waals surface area contributed by atoms with E-state index in [-0.39, 0.29) is 6.29 Å². The van der Waals surface area contributed by atoms with E-state index in [2.05, 4.69) is 9.72 Å². The zero-order valence-corrected chi connectivity index (χ0v) is 7.58. The molecule has 0 saturated heterocycles. The second-order valence-electron chi connectivity index (χ2n) is 2.64. The first-order valence-corrected chi connectivity index (χ1v) is 3.86. The van der Waals surface area contributed by atoms with Crippen molar-refractivity contribution in [3.63, 3.8) is 0 Å². The number of pyridine rings is 1. The molecule has 0 aliphatic carbocycles. The third kappa shape index (κ3) is 2.59. The number of nitrogens with zero attached hydrogens (tertiary/aromatic N) is 1.